The summed E-state index contributed by atoms with van der Waals surface area (Å²) in [6.45, 7) is 4.26. The van der Waals surface area contributed by atoms with Gasteiger partial charge in [0.15, 0.2) is 6.10 Å². The first-order chi connectivity index (χ1) is 13.7. The lowest BCUT2D eigenvalue weighted by Crippen LogP contribution is -2.30. The molecular weight excluding hydrogens is 394 g/mol. The molecule has 0 saturated carbocycles. The van der Waals surface area contributed by atoms with Crippen LogP contribution < -0.4 is 15.8 Å². The Hall–Kier alpha value is -2.91. The molecule has 29 heavy (non-hydrogen) atoms. The molecule has 8 nitrogen and oxygen atoms in total. The number of hydrogen-bond donors (Lipinski definition) is 3. The standard InChI is InChI=1S/C20H25N3O5S/c1-3-4-13-22-18-8-6-5-7-17(18)20(25)28-14(2)19(24)23-15-9-11-16(12-10-15)29(21,26)27/h5-12,14,22H,3-4,13H2,1-2H3,(H,23,24)(H2,21,26,27). The van der Waals surface area contributed by atoms with E-state index in [4.69, 9.17) is 9.88 Å². The van der Waals surface area contributed by atoms with Crippen molar-refractivity contribution >= 4 is 33.3 Å². The number of anilines is 2. The van der Waals surface area contributed by atoms with Crippen LogP contribution in [0.1, 0.15) is 37.0 Å². The number of para-hydroxylation sites is 1. The summed E-state index contributed by atoms with van der Waals surface area (Å²) in [4.78, 5) is 24.7. The molecule has 0 radical (unpaired) electrons. The Labute approximate surface area is 170 Å². The highest BCUT2D eigenvalue weighted by molar-refractivity contribution is 7.89. The summed E-state index contributed by atoms with van der Waals surface area (Å²) in [5.74, 6) is -1.16. The van der Waals surface area contributed by atoms with Crippen LogP contribution in [0.5, 0.6) is 0 Å². The molecule has 2 aromatic carbocycles. The van der Waals surface area contributed by atoms with E-state index in [2.05, 4.69) is 17.6 Å². The van der Waals surface area contributed by atoms with E-state index in [1.807, 2.05) is 6.07 Å². The zero-order chi connectivity index (χ0) is 21.4. The average Bonchev–Trinajstić information content (AvgIpc) is 2.68. The van der Waals surface area contributed by atoms with Crippen molar-refractivity contribution < 1.29 is 22.7 Å². The molecule has 1 amide bonds. The third-order valence-corrected chi connectivity index (χ3v) is 5.03. The number of carbonyl (C=O) groups excluding carboxylic acids is 2. The molecule has 2 aromatic rings. The van der Waals surface area contributed by atoms with Crippen LogP contribution in [-0.2, 0) is 19.6 Å². The summed E-state index contributed by atoms with van der Waals surface area (Å²) in [7, 11) is -3.81. The second kappa shape index (κ2) is 10.0. The summed E-state index contributed by atoms with van der Waals surface area (Å²) >= 11 is 0. The third kappa shape index (κ3) is 6.58. The van der Waals surface area contributed by atoms with Gasteiger partial charge in [0.1, 0.15) is 0 Å². The molecule has 0 aliphatic rings. The first-order valence-corrected chi connectivity index (χ1v) is 10.7. The van der Waals surface area contributed by atoms with Crippen LogP contribution >= 0.6 is 0 Å². The second-order valence-electron chi connectivity index (χ2n) is 6.43. The molecule has 0 spiro atoms. The van der Waals surface area contributed by atoms with Crippen molar-refractivity contribution in [2.45, 2.75) is 37.7 Å². The predicted octanol–water partition coefficient (Wildman–Crippen LogP) is 2.73. The largest absolute Gasteiger partial charge is 0.449 e. The Morgan fingerprint density at radius 2 is 1.76 bits per heavy atom. The van der Waals surface area contributed by atoms with E-state index in [1.165, 1.54) is 31.2 Å². The minimum Gasteiger partial charge on any atom is -0.449 e. The van der Waals surface area contributed by atoms with Crippen molar-refractivity contribution in [1.82, 2.24) is 0 Å². The fourth-order valence-corrected chi connectivity index (χ4v) is 2.98. The minimum absolute atomic E-state index is 0.0674. The summed E-state index contributed by atoms with van der Waals surface area (Å²) in [5.41, 5.74) is 1.35. The molecule has 2 rings (SSSR count). The molecule has 0 saturated heterocycles. The number of carbonyl (C=O) groups is 2. The summed E-state index contributed by atoms with van der Waals surface area (Å²) < 4.78 is 27.8. The number of amides is 1. The Bertz CT molecular complexity index is 958. The number of esters is 1. The number of nitrogens with two attached hydrogens (primary N) is 1. The lowest BCUT2D eigenvalue weighted by Gasteiger charge is -2.16. The maximum atomic E-state index is 12.5. The van der Waals surface area contributed by atoms with Gasteiger partial charge in [0.2, 0.25) is 10.0 Å². The van der Waals surface area contributed by atoms with E-state index in [0.29, 0.717) is 16.9 Å². The van der Waals surface area contributed by atoms with Gasteiger partial charge in [-0.2, -0.15) is 0 Å². The quantitative estimate of drug-likeness (QED) is 0.424. The molecule has 0 aliphatic carbocycles. The van der Waals surface area contributed by atoms with Crippen molar-refractivity contribution in [1.29, 1.82) is 0 Å². The lowest BCUT2D eigenvalue weighted by molar-refractivity contribution is -0.123. The number of unbranched alkanes of at least 4 members (excludes halogenated alkanes) is 1. The number of benzene rings is 2. The van der Waals surface area contributed by atoms with Crippen molar-refractivity contribution in [3.63, 3.8) is 0 Å². The molecule has 0 aliphatic heterocycles. The van der Waals surface area contributed by atoms with Gasteiger partial charge in [-0.1, -0.05) is 25.5 Å². The smallest absolute Gasteiger partial charge is 0.341 e. The van der Waals surface area contributed by atoms with Gasteiger partial charge in [-0.25, -0.2) is 18.4 Å². The van der Waals surface area contributed by atoms with E-state index in [-0.39, 0.29) is 4.90 Å². The molecule has 4 N–H and O–H groups in total. The molecule has 1 unspecified atom stereocenters. The Balaban J connectivity index is 2.00. The van der Waals surface area contributed by atoms with E-state index in [0.717, 1.165) is 19.4 Å². The summed E-state index contributed by atoms with van der Waals surface area (Å²) in [6, 6.07) is 12.3. The van der Waals surface area contributed by atoms with Gasteiger partial charge in [-0.05, 0) is 49.7 Å². The van der Waals surface area contributed by atoms with Crippen molar-refractivity contribution in [2.75, 3.05) is 17.2 Å². The fourth-order valence-electron chi connectivity index (χ4n) is 2.46. The van der Waals surface area contributed by atoms with Crippen LogP contribution in [0.25, 0.3) is 0 Å². The molecule has 0 heterocycles. The number of ether oxygens (including phenoxy) is 1. The van der Waals surface area contributed by atoms with Gasteiger partial charge in [0.25, 0.3) is 5.91 Å². The molecule has 0 aromatic heterocycles. The van der Waals surface area contributed by atoms with Gasteiger partial charge in [0, 0.05) is 17.9 Å². The van der Waals surface area contributed by atoms with Gasteiger partial charge in [0.05, 0.1) is 10.5 Å². The number of hydrogen-bond acceptors (Lipinski definition) is 6. The fraction of sp³-hybridized carbons (Fsp3) is 0.300. The van der Waals surface area contributed by atoms with Crippen LogP contribution in [0.15, 0.2) is 53.4 Å². The van der Waals surface area contributed by atoms with Gasteiger partial charge < -0.3 is 15.4 Å². The Morgan fingerprint density at radius 1 is 1.10 bits per heavy atom. The van der Waals surface area contributed by atoms with Gasteiger partial charge in [-0.3, -0.25) is 4.79 Å². The van der Waals surface area contributed by atoms with E-state index in [1.54, 1.807) is 18.2 Å². The Morgan fingerprint density at radius 3 is 2.38 bits per heavy atom. The van der Waals surface area contributed by atoms with Crippen LogP contribution in [0.2, 0.25) is 0 Å². The van der Waals surface area contributed by atoms with E-state index < -0.39 is 28.0 Å². The first-order valence-electron chi connectivity index (χ1n) is 9.20. The maximum Gasteiger partial charge on any atom is 0.341 e. The molecular formula is C20H25N3O5S. The van der Waals surface area contributed by atoms with Crippen molar-refractivity contribution in [3.05, 3.63) is 54.1 Å². The average molecular weight is 420 g/mol. The zero-order valence-electron chi connectivity index (χ0n) is 16.3. The highest BCUT2D eigenvalue weighted by atomic mass is 32.2. The van der Waals surface area contributed by atoms with E-state index >= 15 is 0 Å². The normalized spacial score (nSPS) is 12.1. The molecule has 156 valence electrons. The van der Waals surface area contributed by atoms with Crippen LogP contribution in [0.3, 0.4) is 0 Å². The number of rotatable bonds is 9. The van der Waals surface area contributed by atoms with Gasteiger partial charge >= 0.3 is 5.97 Å². The van der Waals surface area contributed by atoms with E-state index in [9.17, 15) is 18.0 Å². The maximum absolute atomic E-state index is 12.5. The highest BCUT2D eigenvalue weighted by Gasteiger charge is 2.21. The first kappa shape index (κ1) is 22.4. The van der Waals surface area contributed by atoms with Crippen molar-refractivity contribution in [2.24, 2.45) is 5.14 Å². The SMILES string of the molecule is CCCCNc1ccccc1C(=O)OC(C)C(=O)Nc1ccc(S(N)(=O)=O)cc1. The van der Waals surface area contributed by atoms with Crippen molar-refractivity contribution in [3.8, 4) is 0 Å². The number of sulfonamides is 1. The van der Waals surface area contributed by atoms with Gasteiger partial charge in [-0.15, -0.1) is 0 Å². The molecule has 0 fully saturated rings. The Kier molecular flexibility index (Phi) is 7.74. The number of nitrogens with one attached hydrogen (secondary N) is 2. The lowest BCUT2D eigenvalue weighted by atomic mass is 10.1. The monoisotopic (exact) mass is 419 g/mol. The number of primary sulfonamides is 1. The molecule has 1 atom stereocenters. The topological polar surface area (TPSA) is 128 Å². The van der Waals surface area contributed by atoms with Crippen LogP contribution in [0, 0.1) is 0 Å². The minimum atomic E-state index is -3.81. The second-order valence-corrected chi connectivity index (χ2v) is 7.99. The zero-order valence-corrected chi connectivity index (χ0v) is 17.2. The van der Waals surface area contributed by atoms with Crippen LogP contribution in [0.4, 0.5) is 11.4 Å². The molecule has 0 bridgehead atoms. The highest BCUT2D eigenvalue weighted by Crippen LogP contribution is 2.18. The summed E-state index contributed by atoms with van der Waals surface area (Å²) in [6.07, 6.45) is 0.936. The third-order valence-electron chi connectivity index (χ3n) is 4.10. The summed E-state index contributed by atoms with van der Waals surface area (Å²) in [5, 5.41) is 10.8. The molecule has 9 heteroatoms. The predicted molar refractivity (Wildman–Crippen MR) is 111 cm³/mol. The van der Waals surface area contributed by atoms with Crippen LogP contribution in [-0.4, -0.2) is 32.9 Å².